The second-order valence-electron chi connectivity index (χ2n) is 5.62. The summed E-state index contributed by atoms with van der Waals surface area (Å²) in [5.74, 6) is -0.0103. The van der Waals surface area contributed by atoms with Crippen molar-refractivity contribution in [2.24, 2.45) is 0 Å². The minimum atomic E-state index is -0.0103. The number of carbonyl (C=O) groups is 1. The number of benzene rings is 1. The van der Waals surface area contributed by atoms with E-state index in [2.05, 4.69) is 33.1 Å². The van der Waals surface area contributed by atoms with Crippen LogP contribution >= 0.6 is 11.3 Å². The van der Waals surface area contributed by atoms with Gasteiger partial charge in [0.2, 0.25) is 0 Å². The van der Waals surface area contributed by atoms with E-state index in [1.165, 1.54) is 5.56 Å². The van der Waals surface area contributed by atoms with Crippen LogP contribution in [0.15, 0.2) is 35.0 Å². The van der Waals surface area contributed by atoms with Crippen LogP contribution in [0.5, 0.6) is 0 Å². The molecule has 0 aliphatic rings. The third-order valence-corrected chi connectivity index (χ3v) is 4.19. The van der Waals surface area contributed by atoms with Crippen molar-refractivity contribution in [3.8, 4) is 0 Å². The number of nitrogens with one attached hydrogen (secondary N) is 1. The van der Waals surface area contributed by atoms with Crippen LogP contribution in [0.1, 0.15) is 33.1 Å². The Morgan fingerprint density at radius 3 is 2.43 bits per heavy atom. The molecule has 1 aromatic heterocycles. The van der Waals surface area contributed by atoms with Gasteiger partial charge in [0, 0.05) is 12.1 Å². The fraction of sp³-hybridized carbons (Fsp3) is 0.353. The molecule has 21 heavy (non-hydrogen) atoms. The molecule has 3 nitrogen and oxygen atoms in total. The van der Waals surface area contributed by atoms with E-state index < -0.39 is 0 Å². The van der Waals surface area contributed by atoms with Crippen molar-refractivity contribution in [1.82, 2.24) is 10.2 Å². The van der Waals surface area contributed by atoms with Gasteiger partial charge >= 0.3 is 0 Å². The molecule has 0 aliphatic heterocycles. The van der Waals surface area contributed by atoms with E-state index in [4.69, 9.17) is 0 Å². The molecule has 0 spiro atoms. The van der Waals surface area contributed by atoms with Crippen LogP contribution in [0.25, 0.3) is 0 Å². The normalized spacial score (nSPS) is 12.4. The van der Waals surface area contributed by atoms with Gasteiger partial charge in [-0.3, -0.25) is 4.79 Å². The molecule has 2 rings (SSSR count). The number of thiophene rings is 1. The number of hydrogen-bond donors (Lipinski definition) is 1. The van der Waals surface area contributed by atoms with Gasteiger partial charge in [-0.1, -0.05) is 17.2 Å². The van der Waals surface area contributed by atoms with Crippen molar-refractivity contribution in [2.75, 3.05) is 20.6 Å². The van der Waals surface area contributed by atoms with Crippen LogP contribution in [0.4, 0.5) is 0 Å². The fourth-order valence-corrected chi connectivity index (χ4v) is 3.17. The van der Waals surface area contributed by atoms with E-state index in [-0.39, 0.29) is 11.9 Å². The van der Waals surface area contributed by atoms with Gasteiger partial charge < -0.3 is 10.2 Å². The van der Waals surface area contributed by atoms with Gasteiger partial charge in [0.25, 0.3) is 5.91 Å². The first-order valence-electron chi connectivity index (χ1n) is 7.02. The molecule has 112 valence electrons. The highest BCUT2D eigenvalue weighted by atomic mass is 32.1. The van der Waals surface area contributed by atoms with Gasteiger partial charge in [0.15, 0.2) is 0 Å². The summed E-state index contributed by atoms with van der Waals surface area (Å²) < 4.78 is 0. The monoisotopic (exact) mass is 302 g/mol. The Balaban J connectivity index is 2.05. The molecule has 0 saturated carbocycles. The zero-order valence-corrected chi connectivity index (χ0v) is 13.8. The van der Waals surface area contributed by atoms with Gasteiger partial charge in [-0.15, -0.1) is 0 Å². The van der Waals surface area contributed by atoms with Gasteiger partial charge in [0.05, 0.1) is 6.04 Å². The van der Waals surface area contributed by atoms with Gasteiger partial charge in [0.1, 0.15) is 0 Å². The second kappa shape index (κ2) is 6.87. The molecule has 1 aromatic carbocycles. The third kappa shape index (κ3) is 4.16. The summed E-state index contributed by atoms with van der Waals surface area (Å²) in [5.41, 5.74) is 4.20. The Hall–Kier alpha value is -1.65. The summed E-state index contributed by atoms with van der Waals surface area (Å²) >= 11 is 1.68. The SMILES string of the molecule is Cc1cc(C)cc(C(=O)NCC(c2ccsc2)N(C)C)c1. The lowest BCUT2D eigenvalue weighted by atomic mass is 10.1. The third-order valence-electron chi connectivity index (χ3n) is 3.49. The predicted octanol–water partition coefficient (Wildman–Crippen LogP) is 3.40. The van der Waals surface area contributed by atoms with E-state index in [1.54, 1.807) is 11.3 Å². The zero-order chi connectivity index (χ0) is 15.4. The van der Waals surface area contributed by atoms with Crippen molar-refractivity contribution in [1.29, 1.82) is 0 Å². The van der Waals surface area contributed by atoms with Gasteiger partial charge in [-0.2, -0.15) is 11.3 Å². The molecule has 1 amide bonds. The summed E-state index contributed by atoms with van der Waals surface area (Å²) in [6.07, 6.45) is 0. The van der Waals surface area contributed by atoms with E-state index in [1.807, 2.05) is 40.1 Å². The lowest BCUT2D eigenvalue weighted by Crippen LogP contribution is -2.34. The van der Waals surface area contributed by atoms with Crippen molar-refractivity contribution < 1.29 is 4.79 Å². The molecule has 0 radical (unpaired) electrons. The maximum Gasteiger partial charge on any atom is 0.251 e. The van der Waals surface area contributed by atoms with Crippen LogP contribution < -0.4 is 5.32 Å². The van der Waals surface area contributed by atoms with Crippen LogP contribution in [-0.4, -0.2) is 31.4 Å². The summed E-state index contributed by atoms with van der Waals surface area (Å²) in [6, 6.07) is 8.24. The Morgan fingerprint density at radius 1 is 1.24 bits per heavy atom. The molecular formula is C17H22N2OS. The molecule has 0 fully saturated rings. The van der Waals surface area contributed by atoms with Gasteiger partial charge in [-0.25, -0.2) is 0 Å². The number of nitrogens with zero attached hydrogens (tertiary/aromatic N) is 1. The molecule has 1 atom stereocenters. The molecule has 0 bridgehead atoms. The first-order chi connectivity index (χ1) is 9.97. The topological polar surface area (TPSA) is 32.3 Å². The number of likely N-dealkylation sites (N-methyl/N-ethyl adjacent to an activating group) is 1. The maximum atomic E-state index is 12.3. The second-order valence-corrected chi connectivity index (χ2v) is 6.40. The zero-order valence-electron chi connectivity index (χ0n) is 13.0. The Labute approximate surface area is 130 Å². The number of rotatable bonds is 5. The van der Waals surface area contributed by atoms with E-state index >= 15 is 0 Å². The molecule has 0 aliphatic carbocycles. The largest absolute Gasteiger partial charge is 0.350 e. The lowest BCUT2D eigenvalue weighted by Gasteiger charge is -2.24. The first kappa shape index (κ1) is 15.7. The molecule has 2 aromatic rings. The highest BCUT2D eigenvalue weighted by Gasteiger charge is 2.16. The molecular weight excluding hydrogens is 280 g/mol. The van der Waals surface area contributed by atoms with E-state index in [0.717, 1.165) is 16.7 Å². The average molecular weight is 302 g/mol. The van der Waals surface area contributed by atoms with E-state index in [0.29, 0.717) is 6.54 Å². The quantitative estimate of drug-likeness (QED) is 0.918. The summed E-state index contributed by atoms with van der Waals surface area (Å²) in [4.78, 5) is 14.4. The molecule has 0 saturated heterocycles. The van der Waals surface area contributed by atoms with E-state index in [9.17, 15) is 4.79 Å². The summed E-state index contributed by atoms with van der Waals surface area (Å²) in [7, 11) is 4.07. The Morgan fingerprint density at radius 2 is 1.90 bits per heavy atom. The van der Waals surface area contributed by atoms with Crippen molar-refractivity contribution >= 4 is 17.2 Å². The van der Waals surface area contributed by atoms with Crippen LogP contribution in [0, 0.1) is 13.8 Å². The minimum Gasteiger partial charge on any atom is -0.350 e. The predicted molar refractivity (Wildman–Crippen MR) is 89.0 cm³/mol. The highest BCUT2D eigenvalue weighted by molar-refractivity contribution is 7.07. The molecule has 1 N–H and O–H groups in total. The van der Waals surface area contributed by atoms with Crippen LogP contribution in [-0.2, 0) is 0 Å². The number of aryl methyl sites for hydroxylation is 2. The molecule has 1 heterocycles. The molecule has 1 unspecified atom stereocenters. The highest BCUT2D eigenvalue weighted by Crippen LogP contribution is 2.20. The number of hydrogen-bond acceptors (Lipinski definition) is 3. The minimum absolute atomic E-state index is 0.0103. The van der Waals surface area contributed by atoms with Crippen LogP contribution in [0.3, 0.4) is 0 Å². The summed E-state index contributed by atoms with van der Waals surface area (Å²) in [6.45, 7) is 4.63. The van der Waals surface area contributed by atoms with Gasteiger partial charge in [-0.05, 0) is 62.5 Å². The smallest absolute Gasteiger partial charge is 0.251 e. The number of carbonyl (C=O) groups excluding carboxylic acids is 1. The Kier molecular flexibility index (Phi) is 5.15. The molecule has 4 heteroatoms. The summed E-state index contributed by atoms with van der Waals surface area (Å²) in [5, 5.41) is 7.25. The fourth-order valence-electron chi connectivity index (χ4n) is 2.46. The maximum absolute atomic E-state index is 12.3. The van der Waals surface area contributed by atoms with Crippen LogP contribution in [0.2, 0.25) is 0 Å². The van der Waals surface area contributed by atoms with Crippen molar-refractivity contribution in [3.63, 3.8) is 0 Å². The lowest BCUT2D eigenvalue weighted by molar-refractivity contribution is 0.0942. The number of amides is 1. The van der Waals surface area contributed by atoms with Crippen molar-refractivity contribution in [2.45, 2.75) is 19.9 Å². The standard InChI is InChI=1S/C17H22N2OS/c1-12-7-13(2)9-15(8-12)17(20)18-10-16(19(3)4)14-5-6-21-11-14/h5-9,11,16H,10H2,1-4H3,(H,18,20). The first-order valence-corrected chi connectivity index (χ1v) is 7.96. The van der Waals surface area contributed by atoms with Crippen molar-refractivity contribution in [3.05, 3.63) is 57.3 Å². The average Bonchev–Trinajstić information content (AvgIpc) is 2.91. The Bertz CT molecular complexity index is 585.